The molecule has 34 heavy (non-hydrogen) atoms. The summed E-state index contributed by atoms with van der Waals surface area (Å²) < 4.78 is 0.435. The van der Waals surface area contributed by atoms with Crippen molar-refractivity contribution >= 4 is 51.7 Å². The average Bonchev–Trinajstić information content (AvgIpc) is 3.37. The third kappa shape index (κ3) is 4.66. The van der Waals surface area contributed by atoms with Crippen molar-refractivity contribution in [2.45, 2.75) is 23.9 Å². The molecule has 1 aromatic heterocycles. The molecule has 3 atom stereocenters. The van der Waals surface area contributed by atoms with E-state index in [-0.39, 0.29) is 28.3 Å². The van der Waals surface area contributed by atoms with Gasteiger partial charge >= 0.3 is 5.97 Å². The van der Waals surface area contributed by atoms with E-state index in [4.69, 9.17) is 15.4 Å². The number of aliphatic carboxylic acids is 1. The van der Waals surface area contributed by atoms with E-state index in [0.717, 1.165) is 24.3 Å². The van der Waals surface area contributed by atoms with Gasteiger partial charge in [-0.25, -0.2) is 9.78 Å². The van der Waals surface area contributed by atoms with Gasteiger partial charge in [-0.1, -0.05) is 11.2 Å². The van der Waals surface area contributed by atoms with Gasteiger partial charge in [-0.3, -0.25) is 14.5 Å². The number of anilines is 1. The van der Waals surface area contributed by atoms with Crippen LogP contribution in [0, 0.1) is 0 Å². The van der Waals surface area contributed by atoms with E-state index in [2.05, 4.69) is 15.5 Å². The molecule has 0 spiro atoms. The highest BCUT2D eigenvalue weighted by molar-refractivity contribution is 8.00. The number of β-lactam (4-membered cyclic amide) rings is 1. The van der Waals surface area contributed by atoms with Gasteiger partial charge in [0.15, 0.2) is 10.8 Å². The first-order chi connectivity index (χ1) is 16.1. The number of oxime groups is 1. The van der Waals surface area contributed by atoms with Crippen LogP contribution in [0.2, 0.25) is 0 Å². The van der Waals surface area contributed by atoms with Crippen molar-refractivity contribution in [3.8, 4) is 0 Å². The number of fused-ring (bicyclic) bond motifs is 1. The molecule has 2 saturated heterocycles. The number of carboxylic acid groups (broad SMARTS) is 1. The molecule has 0 aliphatic carbocycles. The number of carboxylic acids is 1. The van der Waals surface area contributed by atoms with Crippen LogP contribution in [0.4, 0.5) is 5.13 Å². The van der Waals surface area contributed by atoms with Gasteiger partial charge in [-0.15, -0.1) is 23.1 Å². The number of aromatic nitrogens is 1. The van der Waals surface area contributed by atoms with Crippen molar-refractivity contribution in [3.63, 3.8) is 0 Å². The number of quaternary nitrogens is 1. The lowest BCUT2D eigenvalue weighted by molar-refractivity contribution is -1.06. The molecule has 3 unspecified atom stereocenters. The maximum atomic E-state index is 12.9. The highest BCUT2D eigenvalue weighted by Gasteiger charge is 2.54. The molecule has 2 amide bonds. The molecule has 2 fully saturated rings. The molecule has 182 valence electrons. The predicted molar refractivity (Wildman–Crippen MR) is 125 cm³/mol. The van der Waals surface area contributed by atoms with Gasteiger partial charge < -0.3 is 21.0 Å². The Kier molecular flexibility index (Phi) is 6.66. The number of nitrogens with one attached hydrogen (secondary N) is 1. The van der Waals surface area contributed by atoms with Gasteiger partial charge in [-0.05, 0) is 11.6 Å². The number of hydroxylamine groups is 3. The Balaban J connectivity index is 1.49. The van der Waals surface area contributed by atoms with E-state index in [0.29, 0.717) is 16.0 Å². The molecule has 1 aromatic rings. The van der Waals surface area contributed by atoms with Gasteiger partial charge in [0.1, 0.15) is 42.6 Å². The molecule has 0 bridgehead atoms. The Hall–Kier alpha value is -2.94. The van der Waals surface area contributed by atoms with Crippen molar-refractivity contribution in [2.24, 2.45) is 5.16 Å². The van der Waals surface area contributed by atoms with Crippen LogP contribution < -0.4 is 11.1 Å². The number of allylic oxidation sites excluding steroid dienone is 1. The fourth-order valence-electron chi connectivity index (χ4n) is 3.94. The lowest BCUT2D eigenvalue weighted by atomic mass is 10.0. The summed E-state index contributed by atoms with van der Waals surface area (Å²) in [7, 11) is 5.19. The summed E-state index contributed by atoms with van der Waals surface area (Å²) in [6.07, 6.45) is 4.25. The van der Waals surface area contributed by atoms with Crippen molar-refractivity contribution in [3.05, 3.63) is 34.5 Å². The van der Waals surface area contributed by atoms with Crippen LogP contribution in [-0.4, -0.2) is 94.2 Å². The normalized spacial score (nSPS) is 26.4. The fourth-order valence-corrected chi connectivity index (χ4v) is 5.80. The van der Waals surface area contributed by atoms with Gasteiger partial charge in [0.05, 0.1) is 14.1 Å². The number of amides is 2. The molecule has 0 aromatic carbocycles. The SMILES string of the molecule is CO/N=C(\C(=O)NC1C(=O)N2C(C(=O)O)=C(/C=C/C3CC[N+](C)(C)O3)CSC12)c1csc(N)n1. The minimum absolute atomic E-state index is 0.0831. The molecular formula is C20H25N6O6S2+. The second-order valence-corrected chi connectivity index (χ2v) is 10.3. The lowest BCUT2D eigenvalue weighted by Crippen LogP contribution is -2.71. The molecule has 14 heteroatoms. The minimum Gasteiger partial charge on any atom is -0.477 e. The summed E-state index contributed by atoms with van der Waals surface area (Å²) in [6.45, 7) is 0.852. The molecule has 3 aliphatic heterocycles. The molecule has 4 heterocycles. The van der Waals surface area contributed by atoms with Crippen LogP contribution in [-0.2, 0) is 24.1 Å². The molecule has 4 rings (SSSR count). The van der Waals surface area contributed by atoms with E-state index in [1.807, 2.05) is 20.2 Å². The zero-order valence-electron chi connectivity index (χ0n) is 18.8. The van der Waals surface area contributed by atoms with Crippen LogP contribution >= 0.6 is 23.1 Å². The van der Waals surface area contributed by atoms with Crippen LogP contribution in [0.1, 0.15) is 12.1 Å². The van der Waals surface area contributed by atoms with E-state index >= 15 is 0 Å². The van der Waals surface area contributed by atoms with E-state index in [9.17, 15) is 19.5 Å². The largest absolute Gasteiger partial charge is 0.477 e. The Morgan fingerprint density at radius 2 is 2.24 bits per heavy atom. The summed E-state index contributed by atoms with van der Waals surface area (Å²) in [6, 6.07) is -0.910. The maximum absolute atomic E-state index is 12.9. The Morgan fingerprint density at radius 3 is 2.82 bits per heavy atom. The molecular weight excluding hydrogens is 484 g/mol. The van der Waals surface area contributed by atoms with Crippen LogP contribution in [0.15, 0.2) is 34.0 Å². The zero-order valence-corrected chi connectivity index (χ0v) is 20.4. The summed E-state index contributed by atoms with van der Waals surface area (Å²) >= 11 is 2.51. The lowest BCUT2D eigenvalue weighted by Gasteiger charge is -2.49. The number of nitrogens with two attached hydrogens (primary N) is 1. The van der Waals surface area contributed by atoms with Crippen LogP contribution in [0.3, 0.4) is 0 Å². The number of carbonyl (C=O) groups excluding carboxylic acids is 2. The molecule has 4 N–H and O–H groups in total. The highest BCUT2D eigenvalue weighted by atomic mass is 32.2. The fraction of sp³-hybridized carbons (Fsp3) is 0.450. The number of hydrogen-bond donors (Lipinski definition) is 3. The Labute approximate surface area is 203 Å². The van der Waals surface area contributed by atoms with Gasteiger partial charge in [0.2, 0.25) is 0 Å². The minimum atomic E-state index is -1.20. The molecule has 0 radical (unpaired) electrons. The van der Waals surface area contributed by atoms with Gasteiger partial charge in [0.25, 0.3) is 11.8 Å². The number of carbonyl (C=O) groups is 3. The quantitative estimate of drug-likeness (QED) is 0.201. The number of nitrogens with zero attached hydrogens (tertiary/aromatic N) is 4. The third-order valence-electron chi connectivity index (χ3n) is 5.53. The Bertz CT molecular complexity index is 1110. The first kappa shape index (κ1) is 24.2. The molecule has 12 nitrogen and oxygen atoms in total. The Morgan fingerprint density at radius 1 is 1.47 bits per heavy atom. The number of hydrogen-bond acceptors (Lipinski definition) is 10. The second kappa shape index (κ2) is 9.37. The summed E-state index contributed by atoms with van der Waals surface area (Å²) in [5.41, 5.74) is 6.17. The van der Waals surface area contributed by atoms with E-state index < -0.39 is 29.2 Å². The van der Waals surface area contributed by atoms with E-state index in [1.54, 1.807) is 11.5 Å². The highest BCUT2D eigenvalue weighted by Crippen LogP contribution is 2.41. The van der Waals surface area contributed by atoms with Crippen LogP contribution in [0.25, 0.3) is 0 Å². The summed E-state index contributed by atoms with van der Waals surface area (Å²) in [5, 5.41) is 17.4. The maximum Gasteiger partial charge on any atom is 0.352 e. The number of thioether (sulfide) groups is 1. The summed E-state index contributed by atoms with van der Waals surface area (Å²) in [5.74, 6) is -2.02. The third-order valence-corrected chi connectivity index (χ3v) is 7.51. The number of rotatable bonds is 7. The van der Waals surface area contributed by atoms with E-state index in [1.165, 1.54) is 23.8 Å². The van der Waals surface area contributed by atoms with Gasteiger partial charge in [-0.2, -0.15) is 9.48 Å². The first-order valence-corrected chi connectivity index (χ1v) is 12.3. The summed E-state index contributed by atoms with van der Waals surface area (Å²) in [4.78, 5) is 53.6. The smallest absolute Gasteiger partial charge is 0.352 e. The van der Waals surface area contributed by atoms with Gasteiger partial charge in [0, 0.05) is 17.6 Å². The van der Waals surface area contributed by atoms with Crippen molar-refractivity contribution in [1.29, 1.82) is 0 Å². The standard InChI is InChI=1S/C20H24N6O6S2/c1-26(2)7-6-11(32-26)5-4-10-8-33-18-14(17(28)25(18)15(10)19(29)30)23-16(27)13(24-31-3)12-9-34-20(21)22-12/h4-5,9,11,14,18H,6-8H2,1-3H3,(H3-,21,22,23,27,29,30)/p+1/b5-4+,24-13-. The molecule has 0 saturated carbocycles. The first-order valence-electron chi connectivity index (χ1n) is 10.4. The average molecular weight is 510 g/mol. The monoisotopic (exact) mass is 509 g/mol. The predicted octanol–water partition coefficient (Wildman–Crippen LogP) is 0.151. The topological polar surface area (TPSA) is 156 Å². The number of thiazole rings is 1. The van der Waals surface area contributed by atoms with Crippen LogP contribution in [0.5, 0.6) is 0 Å². The van der Waals surface area contributed by atoms with Crippen molar-refractivity contribution in [1.82, 2.24) is 15.2 Å². The van der Waals surface area contributed by atoms with Crippen molar-refractivity contribution < 1.29 is 33.8 Å². The second-order valence-electron chi connectivity index (χ2n) is 8.32. The number of nitrogen functional groups attached to an aromatic ring is 1. The van der Waals surface area contributed by atoms with Crippen molar-refractivity contribution in [2.75, 3.05) is 39.2 Å². The molecule has 3 aliphatic rings. The zero-order chi connectivity index (χ0) is 24.6.